The van der Waals surface area contributed by atoms with Crippen molar-refractivity contribution in [1.82, 2.24) is 5.32 Å². The third-order valence-corrected chi connectivity index (χ3v) is 4.39. The highest BCUT2D eigenvalue weighted by Crippen LogP contribution is 2.24. The summed E-state index contributed by atoms with van der Waals surface area (Å²) in [5, 5.41) is 4.03. The highest BCUT2D eigenvalue weighted by Gasteiger charge is 2.32. The maximum absolute atomic E-state index is 12.0. The Morgan fingerprint density at radius 2 is 2.09 bits per heavy atom. The van der Waals surface area contributed by atoms with Gasteiger partial charge in [0.1, 0.15) is 6.10 Å². The molecule has 7 heteroatoms. The molecule has 1 N–H and O–H groups in total. The molecule has 0 bridgehead atoms. The lowest BCUT2D eigenvalue weighted by molar-refractivity contribution is -0.119. The second kappa shape index (κ2) is 6.48. The van der Waals surface area contributed by atoms with Gasteiger partial charge in [-0.05, 0) is 24.3 Å². The predicted octanol–water partition coefficient (Wildman–Crippen LogP) is 2.87. The minimum Gasteiger partial charge on any atom is -0.349 e. The van der Waals surface area contributed by atoms with Gasteiger partial charge in [0.05, 0.1) is 21.3 Å². The molecule has 2 aromatic rings. The van der Waals surface area contributed by atoms with Crippen molar-refractivity contribution in [2.24, 2.45) is 0 Å². The molecule has 0 aliphatic carbocycles. The second-order valence-electron chi connectivity index (χ2n) is 4.77. The van der Waals surface area contributed by atoms with E-state index in [2.05, 4.69) is 5.32 Å². The Morgan fingerprint density at radius 1 is 1.32 bits per heavy atom. The van der Waals surface area contributed by atoms with E-state index in [-0.39, 0.29) is 30.9 Å². The minimum absolute atomic E-state index is 0.121. The van der Waals surface area contributed by atoms with Crippen molar-refractivity contribution >= 4 is 40.4 Å². The summed E-state index contributed by atoms with van der Waals surface area (Å²) in [5.41, 5.74) is 0.686. The highest BCUT2D eigenvalue weighted by atomic mass is 35.5. The maximum atomic E-state index is 12.0. The lowest BCUT2D eigenvalue weighted by Crippen LogP contribution is -2.32. The average Bonchev–Trinajstić information content (AvgIpc) is 3.12. The Bertz CT molecular complexity index is 689. The van der Waals surface area contributed by atoms with Crippen molar-refractivity contribution in [1.29, 1.82) is 0 Å². The fourth-order valence-corrected chi connectivity index (χ4v) is 3.09. The van der Waals surface area contributed by atoms with Gasteiger partial charge in [-0.2, -0.15) is 5.06 Å². The van der Waals surface area contributed by atoms with Gasteiger partial charge in [0.25, 0.3) is 11.8 Å². The first-order chi connectivity index (χ1) is 10.6. The molecule has 1 aliphatic rings. The summed E-state index contributed by atoms with van der Waals surface area (Å²) in [4.78, 5) is 30.0. The molecule has 22 heavy (non-hydrogen) atoms. The van der Waals surface area contributed by atoms with E-state index < -0.39 is 0 Å². The van der Waals surface area contributed by atoms with Crippen LogP contribution in [-0.4, -0.2) is 24.5 Å². The van der Waals surface area contributed by atoms with Crippen LogP contribution in [-0.2, 0) is 9.63 Å². The molecule has 0 saturated carbocycles. The van der Waals surface area contributed by atoms with Crippen LogP contribution in [0.2, 0.25) is 4.34 Å². The van der Waals surface area contributed by atoms with Crippen molar-refractivity contribution in [2.75, 3.05) is 11.6 Å². The zero-order valence-corrected chi connectivity index (χ0v) is 13.1. The number of nitrogens with one attached hydrogen (secondary N) is 1. The molecular weight excluding hydrogens is 324 g/mol. The summed E-state index contributed by atoms with van der Waals surface area (Å²) < 4.78 is 0.563. The number of nitrogens with zero attached hydrogens (tertiary/aromatic N) is 1. The number of anilines is 1. The van der Waals surface area contributed by atoms with Gasteiger partial charge in [0.2, 0.25) is 0 Å². The number of halogens is 1. The fourth-order valence-electron chi connectivity index (χ4n) is 2.13. The fraction of sp³-hybridized carbons (Fsp3) is 0.200. The van der Waals surface area contributed by atoms with Crippen molar-refractivity contribution in [3.63, 3.8) is 0 Å². The van der Waals surface area contributed by atoms with Crippen LogP contribution >= 0.6 is 22.9 Å². The Morgan fingerprint density at radius 3 is 2.77 bits per heavy atom. The normalized spacial score (nSPS) is 17.8. The molecule has 1 aromatic heterocycles. The molecule has 0 radical (unpaired) electrons. The van der Waals surface area contributed by atoms with Gasteiger partial charge in [-0.1, -0.05) is 29.8 Å². The number of hydrogen-bond donors (Lipinski definition) is 1. The number of benzene rings is 1. The van der Waals surface area contributed by atoms with E-state index in [1.165, 1.54) is 16.4 Å². The first-order valence-electron chi connectivity index (χ1n) is 6.72. The van der Waals surface area contributed by atoms with Crippen molar-refractivity contribution < 1.29 is 14.4 Å². The Kier molecular flexibility index (Phi) is 4.42. The van der Waals surface area contributed by atoms with Gasteiger partial charge in [-0.3, -0.25) is 14.4 Å². The van der Waals surface area contributed by atoms with E-state index >= 15 is 0 Å². The number of thiophene rings is 1. The molecular formula is C15H13ClN2O3S. The summed E-state index contributed by atoms with van der Waals surface area (Å²) in [7, 11) is 0. The summed E-state index contributed by atoms with van der Waals surface area (Å²) in [5.74, 6) is -0.337. The number of hydrogen-bond acceptors (Lipinski definition) is 4. The average molecular weight is 337 g/mol. The van der Waals surface area contributed by atoms with E-state index in [1.807, 2.05) is 18.2 Å². The van der Waals surface area contributed by atoms with Gasteiger partial charge in [-0.15, -0.1) is 11.3 Å². The zero-order valence-electron chi connectivity index (χ0n) is 11.5. The van der Waals surface area contributed by atoms with Crippen LogP contribution in [0.1, 0.15) is 16.1 Å². The Hall–Kier alpha value is -1.89. The quantitative estimate of drug-likeness (QED) is 0.934. The van der Waals surface area contributed by atoms with Crippen LogP contribution < -0.4 is 10.4 Å². The monoisotopic (exact) mass is 336 g/mol. The summed E-state index contributed by atoms with van der Waals surface area (Å²) in [6.45, 7) is 0.267. The number of amides is 2. The summed E-state index contributed by atoms with van der Waals surface area (Å²) in [6, 6.07) is 12.5. The Balaban J connectivity index is 1.56. The lowest BCUT2D eigenvalue weighted by Gasteiger charge is -2.16. The standard InChI is InChI=1S/C15H13ClN2O3S/c16-13-7-6-12(22-13)15(20)17-9-11-8-14(19)18(21-11)10-4-2-1-3-5-10/h1-7,11H,8-9H2,(H,17,20). The summed E-state index contributed by atoms with van der Waals surface area (Å²) in [6.07, 6.45) is -0.132. The van der Waals surface area contributed by atoms with Gasteiger partial charge in [0, 0.05) is 6.54 Å². The molecule has 3 rings (SSSR count). The largest absolute Gasteiger partial charge is 0.349 e. The van der Waals surface area contributed by atoms with E-state index in [4.69, 9.17) is 16.4 Å². The smallest absolute Gasteiger partial charge is 0.261 e. The molecule has 1 atom stereocenters. The van der Waals surface area contributed by atoms with E-state index in [0.29, 0.717) is 14.9 Å². The molecule has 1 aromatic carbocycles. The minimum atomic E-state index is -0.368. The first-order valence-corrected chi connectivity index (χ1v) is 7.91. The van der Waals surface area contributed by atoms with Crippen LogP contribution in [0.15, 0.2) is 42.5 Å². The SMILES string of the molecule is O=C(NCC1CC(=O)N(c2ccccc2)O1)c1ccc(Cl)s1. The third-order valence-electron chi connectivity index (χ3n) is 3.16. The first kappa shape index (κ1) is 15.0. The second-order valence-corrected chi connectivity index (χ2v) is 6.48. The molecule has 1 saturated heterocycles. The van der Waals surface area contributed by atoms with Crippen molar-refractivity contribution in [3.8, 4) is 0 Å². The van der Waals surface area contributed by atoms with E-state index in [1.54, 1.807) is 24.3 Å². The number of hydroxylamine groups is 1. The lowest BCUT2D eigenvalue weighted by atomic mass is 10.2. The van der Waals surface area contributed by atoms with Crippen molar-refractivity contribution in [2.45, 2.75) is 12.5 Å². The predicted molar refractivity (Wildman–Crippen MR) is 85.1 cm³/mol. The molecule has 114 valence electrons. The highest BCUT2D eigenvalue weighted by molar-refractivity contribution is 7.17. The number of para-hydroxylation sites is 1. The Labute approximate surface area is 136 Å². The van der Waals surface area contributed by atoms with Crippen LogP contribution in [0.4, 0.5) is 5.69 Å². The number of rotatable bonds is 4. The van der Waals surface area contributed by atoms with Crippen LogP contribution in [0.5, 0.6) is 0 Å². The zero-order chi connectivity index (χ0) is 15.5. The van der Waals surface area contributed by atoms with E-state index in [9.17, 15) is 9.59 Å². The van der Waals surface area contributed by atoms with Crippen LogP contribution in [0, 0.1) is 0 Å². The molecule has 0 spiro atoms. The molecule has 2 heterocycles. The topological polar surface area (TPSA) is 58.6 Å². The molecule has 1 fully saturated rings. The van der Waals surface area contributed by atoms with E-state index in [0.717, 1.165) is 0 Å². The molecule has 5 nitrogen and oxygen atoms in total. The van der Waals surface area contributed by atoms with Gasteiger partial charge >= 0.3 is 0 Å². The van der Waals surface area contributed by atoms with Gasteiger partial charge in [-0.25, -0.2) is 0 Å². The third kappa shape index (κ3) is 3.30. The van der Waals surface area contributed by atoms with Gasteiger partial charge in [0.15, 0.2) is 0 Å². The molecule has 1 aliphatic heterocycles. The summed E-state index contributed by atoms with van der Waals surface area (Å²) >= 11 is 7.01. The van der Waals surface area contributed by atoms with Crippen LogP contribution in [0.3, 0.4) is 0 Å². The van der Waals surface area contributed by atoms with Gasteiger partial charge < -0.3 is 5.32 Å². The van der Waals surface area contributed by atoms with Crippen LogP contribution in [0.25, 0.3) is 0 Å². The maximum Gasteiger partial charge on any atom is 0.261 e. The van der Waals surface area contributed by atoms with Crippen molar-refractivity contribution in [3.05, 3.63) is 51.7 Å². The molecule has 1 unspecified atom stereocenters. The number of carbonyl (C=O) groups is 2. The molecule has 2 amide bonds. The number of carbonyl (C=O) groups excluding carboxylic acids is 2.